The molecular weight excluding hydrogens is 262 g/mol. The van der Waals surface area contributed by atoms with Crippen LogP contribution in [-0.4, -0.2) is 30.4 Å². The molecule has 1 aliphatic rings. The SMILES string of the molecule is CC1CCCN(CCC(=O)Nc2ccccc2CN)CC1. The zero-order chi connectivity index (χ0) is 15.1. The average molecular weight is 289 g/mol. The minimum absolute atomic E-state index is 0.0770. The highest BCUT2D eigenvalue weighted by molar-refractivity contribution is 5.91. The maximum Gasteiger partial charge on any atom is 0.225 e. The lowest BCUT2D eigenvalue weighted by molar-refractivity contribution is -0.116. The molecule has 1 heterocycles. The van der Waals surface area contributed by atoms with Crippen LogP contribution < -0.4 is 11.1 Å². The van der Waals surface area contributed by atoms with E-state index in [9.17, 15) is 4.79 Å². The van der Waals surface area contributed by atoms with Gasteiger partial charge < -0.3 is 16.0 Å². The van der Waals surface area contributed by atoms with E-state index in [1.165, 1.54) is 19.3 Å². The number of benzene rings is 1. The summed E-state index contributed by atoms with van der Waals surface area (Å²) in [7, 11) is 0. The van der Waals surface area contributed by atoms with Gasteiger partial charge in [-0.1, -0.05) is 25.1 Å². The van der Waals surface area contributed by atoms with E-state index in [4.69, 9.17) is 5.73 Å². The molecule has 116 valence electrons. The molecule has 1 atom stereocenters. The Morgan fingerprint density at radius 3 is 2.95 bits per heavy atom. The van der Waals surface area contributed by atoms with Crippen molar-refractivity contribution in [3.63, 3.8) is 0 Å². The molecule has 21 heavy (non-hydrogen) atoms. The molecule has 2 rings (SSSR count). The van der Waals surface area contributed by atoms with Crippen LogP contribution >= 0.6 is 0 Å². The summed E-state index contributed by atoms with van der Waals surface area (Å²) in [5, 5.41) is 2.98. The van der Waals surface area contributed by atoms with E-state index < -0.39 is 0 Å². The van der Waals surface area contributed by atoms with Gasteiger partial charge in [-0.25, -0.2) is 0 Å². The summed E-state index contributed by atoms with van der Waals surface area (Å²) in [4.78, 5) is 14.5. The van der Waals surface area contributed by atoms with Crippen molar-refractivity contribution >= 4 is 11.6 Å². The number of para-hydroxylation sites is 1. The highest BCUT2D eigenvalue weighted by Crippen LogP contribution is 2.17. The van der Waals surface area contributed by atoms with Crippen LogP contribution in [0.1, 0.15) is 38.2 Å². The van der Waals surface area contributed by atoms with Gasteiger partial charge in [0.05, 0.1) is 0 Å². The Morgan fingerprint density at radius 2 is 2.14 bits per heavy atom. The molecule has 0 radical (unpaired) electrons. The zero-order valence-electron chi connectivity index (χ0n) is 13.0. The Hall–Kier alpha value is -1.39. The first-order valence-electron chi connectivity index (χ1n) is 7.99. The fraction of sp³-hybridized carbons (Fsp3) is 0.588. The van der Waals surface area contributed by atoms with Crippen molar-refractivity contribution in [1.82, 2.24) is 4.90 Å². The maximum atomic E-state index is 12.1. The summed E-state index contributed by atoms with van der Waals surface area (Å²) >= 11 is 0. The van der Waals surface area contributed by atoms with E-state index in [0.29, 0.717) is 13.0 Å². The smallest absolute Gasteiger partial charge is 0.225 e. The molecule has 0 aliphatic carbocycles. The maximum absolute atomic E-state index is 12.1. The molecule has 4 heteroatoms. The van der Waals surface area contributed by atoms with Gasteiger partial charge >= 0.3 is 0 Å². The van der Waals surface area contributed by atoms with Crippen molar-refractivity contribution in [3.05, 3.63) is 29.8 Å². The molecule has 3 N–H and O–H groups in total. The number of carbonyl (C=O) groups excluding carboxylic acids is 1. The molecule has 0 aromatic heterocycles. The molecule has 4 nitrogen and oxygen atoms in total. The Morgan fingerprint density at radius 1 is 1.33 bits per heavy atom. The van der Waals surface area contributed by atoms with Crippen LogP contribution in [0.3, 0.4) is 0 Å². The topological polar surface area (TPSA) is 58.4 Å². The van der Waals surface area contributed by atoms with Gasteiger partial charge in [0, 0.05) is 25.2 Å². The summed E-state index contributed by atoms with van der Waals surface area (Å²) in [5.74, 6) is 0.897. The first kappa shape index (κ1) is 16.0. The van der Waals surface area contributed by atoms with Gasteiger partial charge in [0.25, 0.3) is 0 Å². The van der Waals surface area contributed by atoms with Crippen molar-refractivity contribution in [3.8, 4) is 0 Å². The van der Waals surface area contributed by atoms with Crippen LogP contribution in [0.2, 0.25) is 0 Å². The number of anilines is 1. The number of amides is 1. The van der Waals surface area contributed by atoms with Crippen LogP contribution in [0.15, 0.2) is 24.3 Å². The number of carbonyl (C=O) groups is 1. The van der Waals surface area contributed by atoms with Crippen molar-refractivity contribution in [2.75, 3.05) is 25.0 Å². The van der Waals surface area contributed by atoms with Crippen molar-refractivity contribution in [2.45, 2.75) is 39.2 Å². The van der Waals surface area contributed by atoms with Gasteiger partial charge in [0.2, 0.25) is 5.91 Å². The zero-order valence-corrected chi connectivity index (χ0v) is 13.0. The summed E-state index contributed by atoms with van der Waals surface area (Å²) in [6.07, 6.45) is 4.36. The predicted octanol–water partition coefficient (Wildman–Crippen LogP) is 2.60. The third-order valence-electron chi connectivity index (χ3n) is 4.28. The Kier molecular flexibility index (Phi) is 6.21. The van der Waals surface area contributed by atoms with Crippen LogP contribution in [0, 0.1) is 5.92 Å². The molecule has 1 aromatic carbocycles. The lowest BCUT2D eigenvalue weighted by atomic mass is 10.0. The summed E-state index contributed by atoms with van der Waals surface area (Å²) in [6.45, 7) is 5.86. The summed E-state index contributed by atoms with van der Waals surface area (Å²) in [6, 6.07) is 7.72. The normalized spacial score (nSPS) is 20.0. The molecule has 1 aliphatic heterocycles. The standard InChI is InChI=1S/C17H27N3O/c1-14-5-4-10-20(11-8-14)12-9-17(21)19-16-7-3-2-6-15(16)13-18/h2-3,6-7,14H,4-5,8-13,18H2,1H3,(H,19,21). The Balaban J connectivity index is 1.79. The first-order valence-corrected chi connectivity index (χ1v) is 7.99. The lowest BCUT2D eigenvalue weighted by Gasteiger charge is -2.19. The Labute approximate surface area is 127 Å². The second-order valence-electron chi connectivity index (χ2n) is 6.04. The molecule has 1 aromatic rings. The van der Waals surface area contributed by atoms with Crippen LogP contribution in [0.4, 0.5) is 5.69 Å². The van der Waals surface area contributed by atoms with Crippen molar-refractivity contribution in [1.29, 1.82) is 0 Å². The number of rotatable bonds is 5. The quantitative estimate of drug-likeness (QED) is 0.876. The third-order valence-corrected chi connectivity index (χ3v) is 4.28. The second-order valence-corrected chi connectivity index (χ2v) is 6.04. The summed E-state index contributed by atoms with van der Waals surface area (Å²) in [5.41, 5.74) is 7.51. The van der Waals surface area contributed by atoms with E-state index in [1.807, 2.05) is 24.3 Å². The van der Waals surface area contributed by atoms with Gasteiger partial charge in [0.1, 0.15) is 0 Å². The molecule has 0 saturated carbocycles. The van der Waals surface area contributed by atoms with Gasteiger partial charge in [-0.3, -0.25) is 4.79 Å². The first-order chi connectivity index (χ1) is 10.2. The number of likely N-dealkylation sites (tertiary alicyclic amines) is 1. The fourth-order valence-electron chi connectivity index (χ4n) is 2.84. The molecular formula is C17H27N3O. The monoisotopic (exact) mass is 289 g/mol. The molecule has 1 amide bonds. The number of nitrogens with one attached hydrogen (secondary N) is 1. The van der Waals surface area contributed by atoms with Crippen molar-refractivity contribution < 1.29 is 4.79 Å². The minimum atomic E-state index is 0.0770. The number of hydrogen-bond donors (Lipinski definition) is 2. The molecule has 1 unspecified atom stereocenters. The van der Waals surface area contributed by atoms with Gasteiger partial charge in [0.15, 0.2) is 0 Å². The Bertz CT molecular complexity index is 461. The third kappa shape index (κ3) is 5.14. The van der Waals surface area contributed by atoms with Crippen molar-refractivity contribution in [2.24, 2.45) is 11.7 Å². The number of nitrogens with zero attached hydrogens (tertiary/aromatic N) is 1. The highest BCUT2D eigenvalue weighted by atomic mass is 16.1. The lowest BCUT2D eigenvalue weighted by Crippen LogP contribution is -2.29. The van der Waals surface area contributed by atoms with E-state index >= 15 is 0 Å². The predicted molar refractivity (Wildman–Crippen MR) is 87.0 cm³/mol. The van der Waals surface area contributed by atoms with Gasteiger partial charge in [-0.05, 0) is 49.9 Å². The average Bonchev–Trinajstić information content (AvgIpc) is 2.70. The van der Waals surface area contributed by atoms with Gasteiger partial charge in [-0.15, -0.1) is 0 Å². The highest BCUT2D eigenvalue weighted by Gasteiger charge is 2.14. The van der Waals surface area contributed by atoms with Crippen LogP contribution in [-0.2, 0) is 11.3 Å². The van der Waals surface area contributed by atoms with Crippen LogP contribution in [0.5, 0.6) is 0 Å². The van der Waals surface area contributed by atoms with E-state index in [1.54, 1.807) is 0 Å². The fourth-order valence-corrected chi connectivity index (χ4v) is 2.84. The van der Waals surface area contributed by atoms with Crippen LogP contribution in [0.25, 0.3) is 0 Å². The van der Waals surface area contributed by atoms with E-state index in [0.717, 1.165) is 36.8 Å². The number of nitrogens with two attached hydrogens (primary N) is 1. The van der Waals surface area contributed by atoms with Gasteiger partial charge in [-0.2, -0.15) is 0 Å². The van der Waals surface area contributed by atoms with E-state index in [-0.39, 0.29) is 5.91 Å². The molecule has 0 bridgehead atoms. The minimum Gasteiger partial charge on any atom is -0.326 e. The molecule has 1 fully saturated rings. The molecule has 1 saturated heterocycles. The largest absolute Gasteiger partial charge is 0.326 e. The molecule has 0 spiro atoms. The second kappa shape index (κ2) is 8.15. The summed E-state index contributed by atoms with van der Waals surface area (Å²) < 4.78 is 0. The van der Waals surface area contributed by atoms with E-state index in [2.05, 4.69) is 17.1 Å². The number of hydrogen-bond acceptors (Lipinski definition) is 3.